The molecule has 0 aliphatic heterocycles. The summed E-state index contributed by atoms with van der Waals surface area (Å²) in [7, 11) is 0. The number of fused-ring (bicyclic) bond motifs is 1. The van der Waals surface area contributed by atoms with Gasteiger partial charge in [-0.3, -0.25) is 0 Å². The van der Waals surface area contributed by atoms with Crippen LogP contribution >= 0.6 is 0 Å². The van der Waals surface area contributed by atoms with Gasteiger partial charge in [0.25, 0.3) is 0 Å². The van der Waals surface area contributed by atoms with Crippen molar-refractivity contribution in [3.8, 4) is 11.5 Å². The third-order valence-electron chi connectivity index (χ3n) is 3.74. The number of benzene rings is 2. The van der Waals surface area contributed by atoms with Crippen LogP contribution in [-0.2, 0) is 12.8 Å². The second-order valence-electron chi connectivity index (χ2n) is 5.16. The molecule has 108 valence electrons. The molecule has 0 radical (unpaired) electrons. The van der Waals surface area contributed by atoms with Gasteiger partial charge in [-0.15, -0.1) is 0 Å². The van der Waals surface area contributed by atoms with Crippen LogP contribution in [0.5, 0.6) is 11.5 Å². The maximum absolute atomic E-state index is 13.6. The molecule has 4 heteroatoms. The number of rotatable bonds is 3. The maximum Gasteiger partial charge on any atom is 0.342 e. The van der Waals surface area contributed by atoms with Crippen LogP contribution in [0.2, 0.25) is 0 Å². The van der Waals surface area contributed by atoms with Crippen molar-refractivity contribution in [2.45, 2.75) is 25.7 Å². The largest absolute Gasteiger partial charge is 0.477 e. The molecule has 3 nitrogen and oxygen atoms in total. The molecule has 0 amide bonds. The lowest BCUT2D eigenvalue weighted by atomic mass is 9.92. The van der Waals surface area contributed by atoms with Crippen LogP contribution in [0.3, 0.4) is 0 Å². The summed E-state index contributed by atoms with van der Waals surface area (Å²) in [6.07, 6.45) is 4.41. The summed E-state index contributed by atoms with van der Waals surface area (Å²) in [5, 5.41) is 9.10. The highest BCUT2D eigenvalue weighted by Crippen LogP contribution is 2.30. The SMILES string of the molecule is O=C(O)c1c(F)cccc1Oc1ccc2c(c1)CCCC2. The monoisotopic (exact) mass is 286 g/mol. The van der Waals surface area contributed by atoms with Gasteiger partial charge in [0.05, 0.1) is 0 Å². The standard InChI is InChI=1S/C17H15FO3/c18-14-6-3-7-15(16(14)17(19)20)21-13-9-8-11-4-1-2-5-12(11)10-13/h3,6-10H,1-2,4-5H2,(H,19,20). The van der Waals surface area contributed by atoms with Gasteiger partial charge < -0.3 is 9.84 Å². The molecule has 0 aromatic heterocycles. The van der Waals surface area contributed by atoms with Crippen LogP contribution in [0.15, 0.2) is 36.4 Å². The molecular formula is C17H15FO3. The second-order valence-corrected chi connectivity index (χ2v) is 5.16. The minimum absolute atomic E-state index is 0.0262. The van der Waals surface area contributed by atoms with Crippen LogP contribution in [0, 0.1) is 5.82 Å². The Labute approximate surface area is 122 Å². The molecule has 1 aliphatic rings. The van der Waals surface area contributed by atoms with Gasteiger partial charge in [0, 0.05) is 0 Å². The van der Waals surface area contributed by atoms with Crippen molar-refractivity contribution in [2.24, 2.45) is 0 Å². The highest BCUT2D eigenvalue weighted by molar-refractivity contribution is 5.91. The van der Waals surface area contributed by atoms with Gasteiger partial charge in [-0.25, -0.2) is 9.18 Å². The van der Waals surface area contributed by atoms with E-state index in [1.54, 1.807) is 6.07 Å². The Bertz CT molecular complexity index is 694. The van der Waals surface area contributed by atoms with E-state index >= 15 is 0 Å². The Morgan fingerprint density at radius 1 is 1.10 bits per heavy atom. The average Bonchev–Trinajstić information content (AvgIpc) is 2.47. The number of hydrogen-bond donors (Lipinski definition) is 1. The fourth-order valence-electron chi connectivity index (χ4n) is 2.70. The third kappa shape index (κ3) is 2.75. The Balaban J connectivity index is 1.94. The van der Waals surface area contributed by atoms with E-state index < -0.39 is 17.3 Å². The lowest BCUT2D eigenvalue weighted by Gasteiger charge is -2.17. The zero-order valence-corrected chi connectivity index (χ0v) is 11.4. The summed E-state index contributed by atoms with van der Waals surface area (Å²) in [5.74, 6) is -1.55. The molecule has 2 aromatic carbocycles. The number of hydrogen-bond acceptors (Lipinski definition) is 2. The first kappa shape index (κ1) is 13.6. The Hall–Kier alpha value is -2.36. The normalized spacial score (nSPS) is 13.6. The van der Waals surface area contributed by atoms with Gasteiger partial charge >= 0.3 is 5.97 Å². The topological polar surface area (TPSA) is 46.5 Å². The van der Waals surface area contributed by atoms with E-state index in [0.717, 1.165) is 25.3 Å². The molecule has 0 unspecified atom stereocenters. The van der Waals surface area contributed by atoms with Gasteiger partial charge in [0.15, 0.2) is 0 Å². The van der Waals surface area contributed by atoms with Crippen molar-refractivity contribution in [3.05, 3.63) is 58.9 Å². The predicted molar refractivity (Wildman–Crippen MR) is 76.5 cm³/mol. The van der Waals surface area contributed by atoms with Gasteiger partial charge in [-0.05, 0) is 61.1 Å². The zero-order chi connectivity index (χ0) is 14.8. The summed E-state index contributed by atoms with van der Waals surface area (Å²) in [6, 6.07) is 9.75. The van der Waals surface area contributed by atoms with E-state index in [9.17, 15) is 9.18 Å². The average molecular weight is 286 g/mol. The molecule has 3 rings (SSSR count). The number of ether oxygens (including phenoxy) is 1. The van der Waals surface area contributed by atoms with Crippen molar-refractivity contribution in [1.29, 1.82) is 0 Å². The van der Waals surface area contributed by atoms with E-state index in [2.05, 4.69) is 0 Å². The zero-order valence-electron chi connectivity index (χ0n) is 11.4. The molecule has 0 atom stereocenters. The summed E-state index contributed by atoms with van der Waals surface area (Å²) in [4.78, 5) is 11.1. The number of carboxylic acid groups (broad SMARTS) is 1. The molecule has 0 spiro atoms. The number of carboxylic acids is 1. The molecule has 0 bridgehead atoms. The maximum atomic E-state index is 13.6. The van der Waals surface area contributed by atoms with Gasteiger partial charge in [-0.1, -0.05) is 12.1 Å². The van der Waals surface area contributed by atoms with Gasteiger partial charge in [0.2, 0.25) is 0 Å². The van der Waals surface area contributed by atoms with Crippen molar-refractivity contribution in [2.75, 3.05) is 0 Å². The molecule has 2 aromatic rings. The number of carbonyl (C=O) groups is 1. The number of aryl methyl sites for hydroxylation is 2. The molecule has 1 aliphatic carbocycles. The smallest absolute Gasteiger partial charge is 0.342 e. The van der Waals surface area contributed by atoms with Crippen LogP contribution in [0.25, 0.3) is 0 Å². The highest BCUT2D eigenvalue weighted by Gasteiger charge is 2.18. The minimum atomic E-state index is -1.33. The molecule has 0 fully saturated rings. The van der Waals surface area contributed by atoms with E-state index in [0.29, 0.717) is 5.75 Å². The van der Waals surface area contributed by atoms with Gasteiger partial charge in [-0.2, -0.15) is 0 Å². The van der Waals surface area contributed by atoms with Crippen LogP contribution in [0.1, 0.15) is 34.3 Å². The van der Waals surface area contributed by atoms with Crippen molar-refractivity contribution in [3.63, 3.8) is 0 Å². The van der Waals surface area contributed by atoms with Crippen molar-refractivity contribution >= 4 is 5.97 Å². The lowest BCUT2D eigenvalue weighted by Crippen LogP contribution is -2.05. The highest BCUT2D eigenvalue weighted by atomic mass is 19.1. The van der Waals surface area contributed by atoms with Crippen molar-refractivity contribution in [1.82, 2.24) is 0 Å². The van der Waals surface area contributed by atoms with Gasteiger partial charge in [0.1, 0.15) is 22.9 Å². The molecular weight excluding hydrogens is 271 g/mol. The van der Waals surface area contributed by atoms with E-state index in [1.807, 2.05) is 12.1 Å². The van der Waals surface area contributed by atoms with E-state index in [1.165, 1.54) is 29.7 Å². The Morgan fingerprint density at radius 2 is 1.86 bits per heavy atom. The predicted octanol–water partition coefficient (Wildman–Crippen LogP) is 4.20. The molecule has 0 saturated carbocycles. The van der Waals surface area contributed by atoms with E-state index in [-0.39, 0.29) is 5.75 Å². The number of halogens is 1. The van der Waals surface area contributed by atoms with E-state index in [4.69, 9.17) is 9.84 Å². The molecule has 1 N–H and O–H groups in total. The van der Waals surface area contributed by atoms with Crippen LogP contribution in [-0.4, -0.2) is 11.1 Å². The first-order valence-corrected chi connectivity index (χ1v) is 6.96. The Morgan fingerprint density at radius 3 is 2.62 bits per heavy atom. The van der Waals surface area contributed by atoms with Crippen molar-refractivity contribution < 1.29 is 19.0 Å². The third-order valence-corrected chi connectivity index (χ3v) is 3.74. The summed E-state index contributed by atoms with van der Waals surface area (Å²) >= 11 is 0. The Kier molecular flexibility index (Phi) is 3.60. The molecule has 0 saturated heterocycles. The molecule has 0 heterocycles. The summed E-state index contributed by atoms with van der Waals surface area (Å²) in [6.45, 7) is 0. The number of aromatic carboxylic acids is 1. The van der Waals surface area contributed by atoms with Crippen LogP contribution < -0.4 is 4.74 Å². The second kappa shape index (κ2) is 5.56. The lowest BCUT2D eigenvalue weighted by molar-refractivity contribution is 0.0689. The first-order chi connectivity index (χ1) is 10.1. The summed E-state index contributed by atoms with van der Waals surface area (Å²) in [5.41, 5.74) is 2.11. The molecule has 21 heavy (non-hydrogen) atoms. The fourth-order valence-corrected chi connectivity index (χ4v) is 2.70. The fraction of sp³-hybridized carbons (Fsp3) is 0.235. The summed E-state index contributed by atoms with van der Waals surface area (Å²) < 4.78 is 19.2. The minimum Gasteiger partial charge on any atom is -0.477 e. The first-order valence-electron chi connectivity index (χ1n) is 6.96. The van der Waals surface area contributed by atoms with Crippen LogP contribution in [0.4, 0.5) is 4.39 Å². The quantitative estimate of drug-likeness (QED) is 0.920.